The van der Waals surface area contributed by atoms with Gasteiger partial charge in [-0.05, 0) is 12.8 Å². The fourth-order valence-corrected chi connectivity index (χ4v) is 2.90. The van der Waals surface area contributed by atoms with Gasteiger partial charge in [0.05, 0.1) is 19.0 Å². The Labute approximate surface area is 141 Å². The molecule has 0 spiro atoms. The molecule has 0 bridgehead atoms. The first-order chi connectivity index (χ1) is 11.5. The van der Waals surface area contributed by atoms with Gasteiger partial charge in [-0.15, -0.1) is 6.42 Å². The van der Waals surface area contributed by atoms with E-state index >= 15 is 0 Å². The third-order valence-electron chi connectivity index (χ3n) is 4.44. The third-order valence-corrected chi connectivity index (χ3v) is 4.44. The van der Waals surface area contributed by atoms with Crippen LogP contribution in [0.3, 0.4) is 0 Å². The Morgan fingerprint density at radius 1 is 1.36 bits per heavy atom. The standard InChI is InChI=1S/C15H17F4N3O3/c1-2-9(6-11(20)23)21-12(24)10-5-8(16)7-22(10)13(25)14(3-4-14)15(17,18)19/h1,8-10H,3-7H2,(H2,20,23)(H,21,24)/t8-,9-,10+/m1/s1. The summed E-state index contributed by atoms with van der Waals surface area (Å²) in [5, 5.41) is 2.24. The van der Waals surface area contributed by atoms with Crippen molar-refractivity contribution < 1.29 is 31.9 Å². The van der Waals surface area contributed by atoms with Crippen molar-refractivity contribution in [3.63, 3.8) is 0 Å². The van der Waals surface area contributed by atoms with E-state index in [1.165, 1.54) is 0 Å². The first kappa shape index (κ1) is 19.0. The third kappa shape index (κ3) is 3.70. The van der Waals surface area contributed by atoms with E-state index in [0.29, 0.717) is 4.90 Å². The van der Waals surface area contributed by atoms with E-state index in [4.69, 9.17) is 12.2 Å². The fourth-order valence-electron chi connectivity index (χ4n) is 2.90. The van der Waals surface area contributed by atoms with E-state index in [1.807, 2.05) is 0 Å². The largest absolute Gasteiger partial charge is 0.403 e. The maximum Gasteiger partial charge on any atom is 0.403 e. The molecule has 0 aromatic carbocycles. The van der Waals surface area contributed by atoms with Gasteiger partial charge in [-0.1, -0.05) is 5.92 Å². The van der Waals surface area contributed by atoms with E-state index in [0.717, 1.165) is 0 Å². The molecule has 3 amide bonds. The first-order valence-corrected chi connectivity index (χ1v) is 7.58. The van der Waals surface area contributed by atoms with E-state index < -0.39 is 60.5 Å². The second-order valence-corrected chi connectivity index (χ2v) is 6.28. The van der Waals surface area contributed by atoms with Crippen LogP contribution in [0.25, 0.3) is 0 Å². The van der Waals surface area contributed by atoms with Crippen molar-refractivity contribution in [2.24, 2.45) is 11.1 Å². The van der Waals surface area contributed by atoms with Gasteiger partial charge in [0, 0.05) is 6.42 Å². The summed E-state index contributed by atoms with van der Waals surface area (Å²) in [5.74, 6) is -0.897. The molecule has 1 heterocycles. The molecule has 1 aliphatic carbocycles. The highest BCUT2D eigenvalue weighted by Crippen LogP contribution is 2.59. The summed E-state index contributed by atoms with van der Waals surface area (Å²) < 4.78 is 53.1. The molecule has 138 valence electrons. The molecule has 2 rings (SSSR count). The van der Waals surface area contributed by atoms with Crippen LogP contribution >= 0.6 is 0 Å². The second kappa shape index (κ2) is 6.54. The highest BCUT2D eigenvalue weighted by atomic mass is 19.4. The number of terminal acetylenes is 1. The molecule has 6 nitrogen and oxygen atoms in total. The van der Waals surface area contributed by atoms with Crippen molar-refractivity contribution >= 4 is 17.7 Å². The van der Waals surface area contributed by atoms with Crippen LogP contribution in [0.15, 0.2) is 0 Å². The Bertz CT molecular complexity index is 624. The van der Waals surface area contributed by atoms with Gasteiger partial charge in [-0.3, -0.25) is 14.4 Å². The average molecular weight is 363 g/mol. The van der Waals surface area contributed by atoms with Crippen LogP contribution < -0.4 is 11.1 Å². The van der Waals surface area contributed by atoms with Crippen LogP contribution in [0.2, 0.25) is 0 Å². The van der Waals surface area contributed by atoms with E-state index in [9.17, 15) is 31.9 Å². The van der Waals surface area contributed by atoms with Gasteiger partial charge < -0.3 is 16.0 Å². The molecule has 0 unspecified atom stereocenters. The van der Waals surface area contributed by atoms with E-state index in [1.54, 1.807) is 0 Å². The van der Waals surface area contributed by atoms with Gasteiger partial charge in [0.1, 0.15) is 17.6 Å². The molecule has 25 heavy (non-hydrogen) atoms. The predicted molar refractivity (Wildman–Crippen MR) is 77.3 cm³/mol. The number of rotatable bonds is 5. The number of hydrogen-bond donors (Lipinski definition) is 2. The van der Waals surface area contributed by atoms with Crippen molar-refractivity contribution in [3.8, 4) is 12.3 Å². The molecule has 1 saturated heterocycles. The number of amides is 3. The van der Waals surface area contributed by atoms with Crippen LogP contribution in [0.5, 0.6) is 0 Å². The number of nitrogens with two attached hydrogens (primary N) is 1. The van der Waals surface area contributed by atoms with Crippen molar-refractivity contribution in [3.05, 3.63) is 0 Å². The zero-order valence-electron chi connectivity index (χ0n) is 13.1. The lowest BCUT2D eigenvalue weighted by Gasteiger charge is -2.29. The summed E-state index contributed by atoms with van der Waals surface area (Å²) >= 11 is 0. The summed E-state index contributed by atoms with van der Waals surface area (Å²) in [4.78, 5) is 36.1. The lowest BCUT2D eigenvalue weighted by molar-refractivity contribution is -0.199. The smallest absolute Gasteiger partial charge is 0.370 e. The molecule has 1 saturated carbocycles. The maximum atomic E-state index is 13.7. The molecular weight excluding hydrogens is 346 g/mol. The molecule has 0 radical (unpaired) electrons. The van der Waals surface area contributed by atoms with Crippen LogP contribution in [-0.2, 0) is 14.4 Å². The molecule has 2 fully saturated rings. The lowest BCUT2D eigenvalue weighted by atomic mass is 10.0. The Morgan fingerprint density at radius 2 is 1.96 bits per heavy atom. The van der Waals surface area contributed by atoms with Gasteiger partial charge in [-0.25, -0.2) is 4.39 Å². The van der Waals surface area contributed by atoms with Crippen molar-refractivity contribution in [2.75, 3.05) is 6.54 Å². The topological polar surface area (TPSA) is 92.5 Å². The number of carbonyl (C=O) groups excluding carboxylic acids is 3. The number of nitrogens with zero attached hydrogens (tertiary/aromatic N) is 1. The minimum absolute atomic E-state index is 0.381. The first-order valence-electron chi connectivity index (χ1n) is 7.58. The van der Waals surface area contributed by atoms with E-state index in [2.05, 4.69) is 11.2 Å². The van der Waals surface area contributed by atoms with Gasteiger partial charge in [0.2, 0.25) is 17.7 Å². The minimum Gasteiger partial charge on any atom is -0.370 e. The van der Waals surface area contributed by atoms with Crippen LogP contribution in [0, 0.1) is 17.8 Å². The Kier molecular flexibility index (Phi) is 4.97. The van der Waals surface area contributed by atoms with Crippen LogP contribution in [0.4, 0.5) is 17.6 Å². The monoisotopic (exact) mass is 363 g/mol. The maximum absolute atomic E-state index is 13.7. The fraction of sp³-hybridized carbons (Fsp3) is 0.667. The molecule has 3 atom stereocenters. The average Bonchev–Trinajstić information content (AvgIpc) is 3.22. The van der Waals surface area contributed by atoms with Crippen molar-refractivity contribution in [1.82, 2.24) is 10.2 Å². The summed E-state index contributed by atoms with van der Waals surface area (Å²) in [7, 11) is 0. The molecular formula is C15H17F4N3O3. The number of primary amides is 1. The summed E-state index contributed by atoms with van der Waals surface area (Å²) in [6, 6.07) is -2.50. The zero-order chi connectivity index (χ0) is 19.0. The van der Waals surface area contributed by atoms with Crippen molar-refractivity contribution in [2.45, 2.75) is 50.1 Å². The Morgan fingerprint density at radius 3 is 2.40 bits per heavy atom. The highest BCUT2D eigenvalue weighted by Gasteiger charge is 2.70. The SMILES string of the molecule is C#C[C@H](CC(N)=O)NC(=O)[C@@H]1C[C@@H](F)CN1C(=O)C1(C(F)(F)F)CC1. The molecule has 10 heteroatoms. The Hall–Kier alpha value is -2.31. The van der Waals surface area contributed by atoms with Gasteiger partial charge in [0.25, 0.3) is 0 Å². The summed E-state index contributed by atoms with van der Waals surface area (Å²) in [5.41, 5.74) is 2.44. The van der Waals surface area contributed by atoms with Crippen LogP contribution in [0.1, 0.15) is 25.7 Å². The lowest BCUT2D eigenvalue weighted by Crippen LogP contribution is -2.52. The van der Waals surface area contributed by atoms with Gasteiger partial charge in [-0.2, -0.15) is 13.2 Å². The molecule has 3 N–H and O–H groups in total. The number of likely N-dealkylation sites (tertiary alicyclic amines) is 1. The number of halogens is 4. The summed E-state index contributed by atoms with van der Waals surface area (Å²) in [6.07, 6.45) is -2.81. The second-order valence-electron chi connectivity index (χ2n) is 6.28. The number of alkyl halides is 4. The number of nitrogens with one attached hydrogen (secondary N) is 1. The highest BCUT2D eigenvalue weighted by molar-refractivity contribution is 5.93. The molecule has 0 aromatic heterocycles. The predicted octanol–water partition coefficient (Wildman–Crippen LogP) is 0.261. The minimum atomic E-state index is -4.76. The summed E-state index contributed by atoms with van der Waals surface area (Å²) in [6.45, 7) is -0.592. The van der Waals surface area contributed by atoms with Gasteiger partial charge in [0.15, 0.2) is 0 Å². The number of hydrogen-bond acceptors (Lipinski definition) is 3. The van der Waals surface area contributed by atoms with E-state index in [-0.39, 0.29) is 19.3 Å². The molecule has 1 aliphatic heterocycles. The quantitative estimate of drug-likeness (QED) is 0.542. The van der Waals surface area contributed by atoms with Crippen LogP contribution in [-0.4, -0.2) is 53.6 Å². The van der Waals surface area contributed by atoms with Gasteiger partial charge >= 0.3 is 6.18 Å². The molecule has 2 aliphatic rings. The number of carbonyl (C=O) groups is 3. The van der Waals surface area contributed by atoms with Crippen molar-refractivity contribution in [1.29, 1.82) is 0 Å². The zero-order valence-corrected chi connectivity index (χ0v) is 13.1. The molecule has 0 aromatic rings. The Balaban J connectivity index is 2.14. The normalized spacial score (nSPS) is 25.8.